The highest BCUT2D eigenvalue weighted by Crippen LogP contribution is 2.37. The van der Waals surface area contributed by atoms with E-state index in [1.165, 1.54) is 4.88 Å². The highest BCUT2D eigenvalue weighted by molar-refractivity contribution is 7.10. The number of hydrogen-bond acceptors (Lipinski definition) is 4. The van der Waals surface area contributed by atoms with Gasteiger partial charge in [0, 0.05) is 22.9 Å². The largest absolute Gasteiger partial charge is 0.396 e. The van der Waals surface area contributed by atoms with Crippen LogP contribution in [-0.2, 0) is 0 Å². The fourth-order valence-corrected chi connectivity index (χ4v) is 4.01. The Morgan fingerprint density at radius 2 is 2.36 bits per heavy atom. The van der Waals surface area contributed by atoms with Crippen LogP contribution < -0.4 is 10.6 Å². The van der Waals surface area contributed by atoms with Crippen LogP contribution in [0.1, 0.15) is 37.1 Å². The first kappa shape index (κ1) is 17.2. The van der Waals surface area contributed by atoms with Gasteiger partial charge in [-0.05, 0) is 38.4 Å². The summed E-state index contributed by atoms with van der Waals surface area (Å²) in [6, 6.07) is 4.21. The number of thiophene rings is 1. The number of aliphatic hydroxyl groups excluding tert-OH is 1. The summed E-state index contributed by atoms with van der Waals surface area (Å²) in [5.41, 5.74) is -0.188. The topological polar surface area (TPSA) is 64.6 Å². The lowest BCUT2D eigenvalue weighted by atomic mass is 9.86. The Labute approximate surface area is 136 Å². The molecule has 22 heavy (non-hydrogen) atoms. The SMILES string of the molecule is CN(C)C(CNC(=O)NC1CCCC1(C)CO)c1cccs1. The summed E-state index contributed by atoms with van der Waals surface area (Å²) in [6.45, 7) is 2.73. The molecule has 0 bridgehead atoms. The number of amides is 2. The van der Waals surface area contributed by atoms with Crippen molar-refractivity contribution in [2.45, 2.75) is 38.3 Å². The van der Waals surface area contributed by atoms with Crippen LogP contribution in [-0.4, -0.2) is 49.3 Å². The van der Waals surface area contributed by atoms with Gasteiger partial charge >= 0.3 is 6.03 Å². The van der Waals surface area contributed by atoms with Crippen molar-refractivity contribution >= 4 is 17.4 Å². The zero-order chi connectivity index (χ0) is 16.2. The third kappa shape index (κ3) is 4.00. The molecule has 124 valence electrons. The second kappa shape index (κ2) is 7.44. The smallest absolute Gasteiger partial charge is 0.315 e. The molecule has 3 N–H and O–H groups in total. The van der Waals surface area contributed by atoms with Crippen LogP contribution in [0.5, 0.6) is 0 Å². The zero-order valence-corrected chi connectivity index (χ0v) is 14.4. The molecule has 3 unspecified atom stereocenters. The Hall–Kier alpha value is -1.11. The quantitative estimate of drug-likeness (QED) is 0.751. The van der Waals surface area contributed by atoms with Gasteiger partial charge in [0.05, 0.1) is 12.6 Å². The number of rotatable bonds is 6. The number of aliphatic hydroxyl groups is 1. The summed E-state index contributed by atoms with van der Waals surface area (Å²) in [6.07, 6.45) is 2.95. The van der Waals surface area contributed by atoms with Gasteiger partial charge in [0.1, 0.15) is 0 Å². The molecule has 2 rings (SSSR count). The van der Waals surface area contributed by atoms with E-state index in [0.29, 0.717) is 6.54 Å². The molecule has 1 saturated carbocycles. The van der Waals surface area contributed by atoms with Crippen molar-refractivity contribution in [3.8, 4) is 0 Å². The number of urea groups is 1. The number of carbonyl (C=O) groups excluding carboxylic acids is 1. The molecule has 1 aromatic rings. The van der Waals surface area contributed by atoms with Crippen LogP contribution in [0.4, 0.5) is 4.79 Å². The summed E-state index contributed by atoms with van der Waals surface area (Å²) >= 11 is 1.70. The lowest BCUT2D eigenvalue weighted by Gasteiger charge is -2.30. The van der Waals surface area contributed by atoms with Gasteiger partial charge in [0.2, 0.25) is 0 Å². The lowest BCUT2D eigenvalue weighted by molar-refractivity contribution is 0.121. The summed E-state index contributed by atoms with van der Waals surface area (Å²) in [5, 5.41) is 17.6. The fraction of sp³-hybridized carbons (Fsp3) is 0.688. The number of hydrogen-bond donors (Lipinski definition) is 3. The van der Waals surface area contributed by atoms with E-state index in [-0.39, 0.29) is 30.1 Å². The minimum Gasteiger partial charge on any atom is -0.396 e. The van der Waals surface area contributed by atoms with Gasteiger partial charge in [-0.25, -0.2) is 4.79 Å². The first-order valence-corrected chi connectivity index (χ1v) is 8.69. The molecule has 1 fully saturated rings. The second-order valence-corrected chi connectivity index (χ2v) is 7.59. The number of likely N-dealkylation sites (N-methyl/N-ethyl adjacent to an activating group) is 1. The van der Waals surface area contributed by atoms with Crippen molar-refractivity contribution in [3.63, 3.8) is 0 Å². The second-order valence-electron chi connectivity index (χ2n) is 6.61. The molecular formula is C16H27N3O2S. The summed E-state index contributed by atoms with van der Waals surface area (Å²) in [4.78, 5) is 15.5. The summed E-state index contributed by atoms with van der Waals surface area (Å²) in [7, 11) is 4.04. The van der Waals surface area contributed by atoms with Gasteiger partial charge in [0.15, 0.2) is 0 Å². The van der Waals surface area contributed by atoms with E-state index in [9.17, 15) is 9.90 Å². The van der Waals surface area contributed by atoms with Crippen LogP contribution in [0.25, 0.3) is 0 Å². The predicted octanol–water partition coefficient (Wildman–Crippen LogP) is 2.20. The van der Waals surface area contributed by atoms with Crippen molar-refractivity contribution < 1.29 is 9.90 Å². The monoisotopic (exact) mass is 325 g/mol. The van der Waals surface area contributed by atoms with Crippen LogP contribution in [0.2, 0.25) is 0 Å². The molecule has 1 aromatic heterocycles. The molecule has 0 spiro atoms. The molecule has 0 aromatic carbocycles. The van der Waals surface area contributed by atoms with Crippen LogP contribution in [0, 0.1) is 5.41 Å². The van der Waals surface area contributed by atoms with E-state index in [1.54, 1.807) is 11.3 Å². The molecule has 1 aliphatic rings. The van der Waals surface area contributed by atoms with Crippen molar-refractivity contribution in [1.82, 2.24) is 15.5 Å². The van der Waals surface area contributed by atoms with E-state index in [0.717, 1.165) is 19.3 Å². The van der Waals surface area contributed by atoms with Gasteiger partial charge in [0.25, 0.3) is 0 Å². The highest BCUT2D eigenvalue weighted by Gasteiger charge is 2.39. The van der Waals surface area contributed by atoms with Crippen molar-refractivity contribution in [2.75, 3.05) is 27.2 Å². The van der Waals surface area contributed by atoms with Gasteiger partial charge < -0.3 is 20.6 Å². The van der Waals surface area contributed by atoms with Crippen molar-refractivity contribution in [3.05, 3.63) is 22.4 Å². The molecular weight excluding hydrogens is 298 g/mol. The van der Waals surface area contributed by atoms with Crippen LogP contribution >= 0.6 is 11.3 Å². The van der Waals surface area contributed by atoms with Crippen LogP contribution in [0.15, 0.2) is 17.5 Å². The Kier molecular flexibility index (Phi) is 5.83. The Morgan fingerprint density at radius 1 is 1.59 bits per heavy atom. The van der Waals surface area contributed by atoms with Gasteiger partial charge in [-0.3, -0.25) is 0 Å². The molecule has 1 aliphatic carbocycles. The third-order valence-corrected chi connectivity index (χ3v) is 5.67. The number of nitrogens with zero attached hydrogens (tertiary/aromatic N) is 1. The molecule has 2 amide bonds. The molecule has 5 nitrogen and oxygen atoms in total. The first-order chi connectivity index (χ1) is 10.5. The molecule has 1 heterocycles. The zero-order valence-electron chi connectivity index (χ0n) is 13.6. The molecule has 0 saturated heterocycles. The van der Waals surface area contributed by atoms with Gasteiger partial charge in [-0.15, -0.1) is 11.3 Å². The minimum absolute atomic E-state index is 0.0528. The maximum absolute atomic E-state index is 12.2. The molecule has 0 radical (unpaired) electrons. The average molecular weight is 325 g/mol. The van der Waals surface area contributed by atoms with E-state index in [2.05, 4.69) is 27.0 Å². The first-order valence-electron chi connectivity index (χ1n) is 7.81. The van der Waals surface area contributed by atoms with E-state index < -0.39 is 0 Å². The number of carbonyl (C=O) groups is 1. The van der Waals surface area contributed by atoms with Crippen LogP contribution in [0.3, 0.4) is 0 Å². The Bertz CT molecular complexity index is 478. The van der Waals surface area contributed by atoms with E-state index in [1.807, 2.05) is 27.1 Å². The third-order valence-electron chi connectivity index (χ3n) is 4.70. The predicted molar refractivity (Wildman–Crippen MR) is 90.1 cm³/mol. The minimum atomic E-state index is -0.188. The standard InChI is InChI=1S/C16H27N3O2S/c1-16(11-20)8-4-7-14(16)18-15(21)17-10-12(19(2)3)13-6-5-9-22-13/h5-6,9,12,14,20H,4,7-8,10-11H2,1-3H3,(H2,17,18,21). The number of nitrogens with one attached hydrogen (secondary N) is 2. The maximum atomic E-state index is 12.2. The molecule has 6 heteroatoms. The maximum Gasteiger partial charge on any atom is 0.315 e. The normalized spacial score (nSPS) is 26.1. The van der Waals surface area contributed by atoms with E-state index in [4.69, 9.17) is 0 Å². The van der Waals surface area contributed by atoms with Crippen molar-refractivity contribution in [1.29, 1.82) is 0 Å². The lowest BCUT2D eigenvalue weighted by Crippen LogP contribution is -2.49. The summed E-state index contributed by atoms with van der Waals surface area (Å²) < 4.78 is 0. The highest BCUT2D eigenvalue weighted by atomic mass is 32.1. The summed E-state index contributed by atoms with van der Waals surface area (Å²) in [5.74, 6) is 0. The van der Waals surface area contributed by atoms with Gasteiger partial charge in [-0.2, -0.15) is 0 Å². The molecule has 0 aliphatic heterocycles. The fourth-order valence-electron chi connectivity index (χ4n) is 3.09. The van der Waals surface area contributed by atoms with Gasteiger partial charge in [-0.1, -0.05) is 19.4 Å². The molecule has 3 atom stereocenters. The Balaban J connectivity index is 1.87. The Morgan fingerprint density at radius 3 is 2.95 bits per heavy atom. The van der Waals surface area contributed by atoms with E-state index >= 15 is 0 Å². The van der Waals surface area contributed by atoms with Crippen molar-refractivity contribution in [2.24, 2.45) is 5.41 Å². The average Bonchev–Trinajstić information content (AvgIpc) is 3.10.